The van der Waals surface area contributed by atoms with Gasteiger partial charge in [0.2, 0.25) is 0 Å². The predicted octanol–water partition coefficient (Wildman–Crippen LogP) is 5.88. The van der Waals surface area contributed by atoms with E-state index in [-0.39, 0.29) is 0 Å². The lowest BCUT2D eigenvalue weighted by atomic mass is 10.2. The Bertz CT molecular complexity index is 552. The highest BCUT2D eigenvalue weighted by atomic mass is 32.2. The standard InChI is InChI=1S/C14H13NOS.C2H6/c1-10-7-8-13(11(2)9-10)17-14-6-4-3-5-12(14)15-16;1-2/h3-9H,1-2H3;1-2H3. The monoisotopic (exact) mass is 273 g/mol. The second-order valence-electron chi connectivity index (χ2n) is 3.93. The predicted molar refractivity (Wildman–Crippen MR) is 83.3 cm³/mol. The van der Waals surface area contributed by atoms with E-state index in [1.165, 1.54) is 11.1 Å². The number of benzene rings is 2. The fourth-order valence-electron chi connectivity index (χ4n) is 1.65. The molecule has 0 fully saturated rings. The van der Waals surface area contributed by atoms with Gasteiger partial charge in [0.1, 0.15) is 5.69 Å². The molecule has 2 aromatic carbocycles. The summed E-state index contributed by atoms with van der Waals surface area (Å²) in [5.41, 5.74) is 2.96. The highest BCUT2D eigenvalue weighted by Crippen LogP contribution is 2.36. The van der Waals surface area contributed by atoms with Crippen LogP contribution in [0.2, 0.25) is 0 Å². The van der Waals surface area contributed by atoms with Gasteiger partial charge in [0, 0.05) is 9.79 Å². The van der Waals surface area contributed by atoms with Crippen molar-refractivity contribution in [1.82, 2.24) is 0 Å². The molecule has 0 saturated heterocycles. The molecule has 0 bridgehead atoms. The minimum atomic E-state index is 0.498. The van der Waals surface area contributed by atoms with Crippen LogP contribution < -0.4 is 0 Å². The lowest BCUT2D eigenvalue weighted by Gasteiger charge is -2.07. The summed E-state index contributed by atoms with van der Waals surface area (Å²) in [5.74, 6) is 0. The summed E-state index contributed by atoms with van der Waals surface area (Å²) in [6.45, 7) is 8.15. The molecule has 0 heterocycles. The van der Waals surface area contributed by atoms with E-state index in [0.29, 0.717) is 5.69 Å². The summed E-state index contributed by atoms with van der Waals surface area (Å²) >= 11 is 1.58. The topological polar surface area (TPSA) is 29.4 Å². The average Bonchev–Trinajstić information content (AvgIpc) is 2.45. The first-order valence-electron chi connectivity index (χ1n) is 6.38. The first-order chi connectivity index (χ1) is 9.20. The van der Waals surface area contributed by atoms with Crippen molar-refractivity contribution in [2.45, 2.75) is 37.5 Å². The number of rotatable bonds is 3. The van der Waals surface area contributed by atoms with Gasteiger partial charge in [-0.2, -0.15) is 0 Å². The van der Waals surface area contributed by atoms with E-state index >= 15 is 0 Å². The number of nitroso groups, excluding NO2 is 1. The lowest BCUT2D eigenvalue weighted by molar-refractivity contribution is 1.25. The largest absolute Gasteiger partial charge is 0.145 e. The first kappa shape index (κ1) is 15.4. The quantitative estimate of drug-likeness (QED) is 0.653. The van der Waals surface area contributed by atoms with Crippen molar-refractivity contribution < 1.29 is 0 Å². The average molecular weight is 273 g/mol. The van der Waals surface area contributed by atoms with Gasteiger partial charge >= 0.3 is 0 Å². The zero-order valence-electron chi connectivity index (χ0n) is 11.8. The minimum Gasteiger partial charge on any atom is -0.145 e. The SMILES string of the molecule is CC.Cc1ccc(Sc2ccccc2N=O)c(C)c1. The second-order valence-corrected chi connectivity index (χ2v) is 5.01. The molecule has 0 aromatic heterocycles. The molecule has 0 amide bonds. The summed E-state index contributed by atoms with van der Waals surface area (Å²) in [7, 11) is 0. The molecule has 0 spiro atoms. The maximum absolute atomic E-state index is 10.7. The van der Waals surface area contributed by atoms with Crippen molar-refractivity contribution in [3.05, 3.63) is 58.5 Å². The molecule has 0 atom stereocenters. The van der Waals surface area contributed by atoms with Gasteiger partial charge in [0.05, 0.1) is 0 Å². The third-order valence-electron chi connectivity index (χ3n) is 2.51. The van der Waals surface area contributed by atoms with E-state index in [0.717, 1.165) is 9.79 Å². The lowest BCUT2D eigenvalue weighted by Crippen LogP contribution is -1.82. The molecule has 2 nitrogen and oxygen atoms in total. The van der Waals surface area contributed by atoms with E-state index in [1.807, 2.05) is 32.0 Å². The zero-order chi connectivity index (χ0) is 14.3. The fraction of sp³-hybridized carbons (Fsp3) is 0.250. The van der Waals surface area contributed by atoms with Gasteiger partial charge in [0.25, 0.3) is 0 Å². The van der Waals surface area contributed by atoms with Crippen molar-refractivity contribution >= 4 is 17.4 Å². The van der Waals surface area contributed by atoms with Crippen LogP contribution >= 0.6 is 11.8 Å². The van der Waals surface area contributed by atoms with E-state index in [2.05, 4.69) is 37.2 Å². The molecule has 100 valence electrons. The summed E-state index contributed by atoms with van der Waals surface area (Å²) in [5, 5.41) is 3.04. The zero-order valence-corrected chi connectivity index (χ0v) is 12.6. The molecule has 0 radical (unpaired) electrons. The molecular formula is C16H19NOS. The van der Waals surface area contributed by atoms with Gasteiger partial charge in [-0.25, -0.2) is 0 Å². The highest BCUT2D eigenvalue weighted by molar-refractivity contribution is 7.99. The molecule has 2 rings (SSSR count). The normalized spacial score (nSPS) is 9.47. The maximum atomic E-state index is 10.7. The van der Waals surface area contributed by atoms with E-state index in [1.54, 1.807) is 17.8 Å². The van der Waals surface area contributed by atoms with Gasteiger partial charge < -0.3 is 0 Å². The van der Waals surface area contributed by atoms with E-state index < -0.39 is 0 Å². The van der Waals surface area contributed by atoms with Crippen LogP contribution in [0.25, 0.3) is 0 Å². The van der Waals surface area contributed by atoms with Crippen LogP contribution in [0.3, 0.4) is 0 Å². The van der Waals surface area contributed by atoms with Gasteiger partial charge in [-0.15, -0.1) is 4.91 Å². The van der Waals surface area contributed by atoms with Gasteiger partial charge in [0.15, 0.2) is 0 Å². The van der Waals surface area contributed by atoms with Gasteiger partial charge in [-0.1, -0.05) is 55.4 Å². The summed E-state index contributed by atoms with van der Waals surface area (Å²) in [6.07, 6.45) is 0. The smallest absolute Gasteiger partial charge is 0.121 e. The van der Waals surface area contributed by atoms with Gasteiger partial charge in [-0.3, -0.25) is 0 Å². The van der Waals surface area contributed by atoms with Crippen LogP contribution in [-0.4, -0.2) is 0 Å². The Morgan fingerprint density at radius 3 is 2.26 bits per heavy atom. The molecule has 3 heteroatoms. The Kier molecular flexibility index (Phi) is 6.30. The van der Waals surface area contributed by atoms with Crippen LogP contribution in [0, 0.1) is 18.8 Å². The van der Waals surface area contributed by atoms with E-state index in [9.17, 15) is 4.91 Å². The van der Waals surface area contributed by atoms with Crippen molar-refractivity contribution in [3.8, 4) is 0 Å². The van der Waals surface area contributed by atoms with Crippen molar-refractivity contribution in [1.29, 1.82) is 0 Å². The molecule has 0 saturated carbocycles. The Labute approximate surface area is 119 Å². The van der Waals surface area contributed by atoms with Crippen LogP contribution in [0.5, 0.6) is 0 Å². The number of aryl methyl sites for hydroxylation is 2. The summed E-state index contributed by atoms with van der Waals surface area (Å²) in [4.78, 5) is 12.7. The molecule has 0 N–H and O–H groups in total. The Morgan fingerprint density at radius 2 is 1.63 bits per heavy atom. The first-order valence-corrected chi connectivity index (χ1v) is 7.20. The third-order valence-corrected chi connectivity index (χ3v) is 3.76. The molecule has 2 aromatic rings. The van der Waals surface area contributed by atoms with Gasteiger partial charge in [-0.05, 0) is 42.8 Å². The van der Waals surface area contributed by atoms with Crippen molar-refractivity contribution in [3.63, 3.8) is 0 Å². The van der Waals surface area contributed by atoms with Crippen molar-refractivity contribution in [2.75, 3.05) is 0 Å². The van der Waals surface area contributed by atoms with Crippen molar-refractivity contribution in [2.24, 2.45) is 5.18 Å². The van der Waals surface area contributed by atoms with Crippen LogP contribution in [-0.2, 0) is 0 Å². The van der Waals surface area contributed by atoms with Crippen LogP contribution in [0.4, 0.5) is 5.69 Å². The summed E-state index contributed by atoms with van der Waals surface area (Å²) in [6, 6.07) is 13.7. The molecule has 19 heavy (non-hydrogen) atoms. The van der Waals surface area contributed by atoms with Crippen LogP contribution in [0.1, 0.15) is 25.0 Å². The maximum Gasteiger partial charge on any atom is 0.121 e. The second kappa shape index (κ2) is 7.74. The van der Waals surface area contributed by atoms with Crippen LogP contribution in [0.15, 0.2) is 57.4 Å². The van der Waals surface area contributed by atoms with E-state index in [4.69, 9.17) is 0 Å². The Morgan fingerprint density at radius 1 is 0.947 bits per heavy atom. The summed E-state index contributed by atoms with van der Waals surface area (Å²) < 4.78 is 0. The highest BCUT2D eigenvalue weighted by Gasteiger charge is 2.06. The molecule has 0 unspecified atom stereocenters. The number of nitrogens with zero attached hydrogens (tertiary/aromatic N) is 1. The molecular weight excluding hydrogens is 254 g/mol. The Hall–Kier alpha value is -1.61. The number of hydrogen-bond acceptors (Lipinski definition) is 3. The third kappa shape index (κ3) is 4.21. The number of hydrogen-bond donors (Lipinski definition) is 0. The molecule has 0 aliphatic heterocycles. The molecule has 0 aliphatic rings. The minimum absolute atomic E-state index is 0.498. The molecule has 0 aliphatic carbocycles. The fourth-order valence-corrected chi connectivity index (χ4v) is 2.60. The Balaban J connectivity index is 0.000000861.